The molecular weight excluding hydrogens is 462 g/mol. The molecule has 35 heavy (non-hydrogen) atoms. The second-order valence-corrected chi connectivity index (χ2v) is 12.9. The van der Waals surface area contributed by atoms with Gasteiger partial charge >= 0.3 is 0 Å². The first-order valence-electron chi connectivity index (χ1n) is 13.3. The number of allylic oxidation sites excluding steroid dienone is 9. The van der Waals surface area contributed by atoms with Crippen LogP contribution in [-0.4, -0.2) is 9.95 Å². The number of benzene rings is 1. The Morgan fingerprint density at radius 2 is 1.89 bits per heavy atom. The van der Waals surface area contributed by atoms with Crippen molar-refractivity contribution >= 4 is 28.2 Å². The highest BCUT2D eigenvalue weighted by Crippen LogP contribution is 2.43. The Bertz CT molecular complexity index is 1070. The van der Waals surface area contributed by atoms with Gasteiger partial charge in [-0.3, -0.25) is 0 Å². The number of thiocarbonyl (C=S) groups is 1. The number of hydrogen-bond donors (Lipinski definition) is 1. The first-order chi connectivity index (χ1) is 16.8. The number of hydrogen-bond acceptors (Lipinski definition) is 3. The molecule has 3 aliphatic carbocycles. The van der Waals surface area contributed by atoms with E-state index in [0.717, 1.165) is 53.3 Å². The lowest BCUT2D eigenvalue weighted by molar-refractivity contribution is 0.368. The maximum absolute atomic E-state index is 6.84. The third-order valence-electron chi connectivity index (χ3n) is 7.95. The largest absolute Gasteiger partial charge is 0.401 e. The molecule has 2 N–H and O–H groups in total. The molecule has 0 aliphatic heterocycles. The smallest absolute Gasteiger partial charge is 0.0798 e. The average molecular weight is 504 g/mol. The Kier molecular flexibility index (Phi) is 8.60. The molecule has 0 aromatic heterocycles. The summed E-state index contributed by atoms with van der Waals surface area (Å²) in [5.41, 5.74) is 13.5. The molecule has 3 aliphatic rings. The molecule has 3 atom stereocenters. The van der Waals surface area contributed by atoms with Crippen molar-refractivity contribution in [3.05, 3.63) is 94.8 Å². The predicted molar refractivity (Wildman–Crippen MR) is 159 cm³/mol. The second-order valence-electron chi connectivity index (χ2n) is 11.2. The van der Waals surface area contributed by atoms with Crippen molar-refractivity contribution in [1.82, 2.24) is 0 Å². The standard InChI is InChI=1S/C32H41NS2/c1-4-24-11-13-25(14-12-24)27-21-26(15-20-31(2)16-7-5-8-17-31)29(28(33)22-27)30(34)35-23-32(3)18-9-6-10-19-32/h6-7,9-16,18,27H,4-5,8,17,19-23,33H2,1-3H3/b26-15+. The lowest BCUT2D eigenvalue weighted by Crippen LogP contribution is -2.23. The SMILES string of the molecule is CCc1ccc(C2CC(N)=C(C(=S)SCC3(C)C=CC=CC3)/C(=C/CC3(C)C=CCCC3)C2)cc1. The maximum Gasteiger partial charge on any atom is 0.0798 e. The Morgan fingerprint density at radius 3 is 2.54 bits per heavy atom. The fourth-order valence-corrected chi connectivity index (χ4v) is 7.03. The Labute approximate surface area is 222 Å². The minimum Gasteiger partial charge on any atom is -0.401 e. The van der Waals surface area contributed by atoms with Crippen LogP contribution in [0.4, 0.5) is 0 Å². The van der Waals surface area contributed by atoms with Crippen LogP contribution in [0.5, 0.6) is 0 Å². The number of thioether (sulfide) groups is 1. The molecule has 0 bridgehead atoms. The van der Waals surface area contributed by atoms with Crippen LogP contribution in [0, 0.1) is 10.8 Å². The molecule has 4 rings (SSSR count). The summed E-state index contributed by atoms with van der Waals surface area (Å²) in [6.45, 7) is 6.93. The van der Waals surface area contributed by atoms with Gasteiger partial charge in [-0.15, -0.1) is 11.8 Å². The van der Waals surface area contributed by atoms with Gasteiger partial charge in [-0.25, -0.2) is 0 Å². The zero-order chi connectivity index (χ0) is 24.9. The Balaban J connectivity index is 1.58. The van der Waals surface area contributed by atoms with Gasteiger partial charge in [0.25, 0.3) is 0 Å². The van der Waals surface area contributed by atoms with Crippen LogP contribution in [0.15, 0.2) is 83.6 Å². The molecule has 3 unspecified atom stereocenters. The summed E-state index contributed by atoms with van der Waals surface area (Å²) in [7, 11) is 0. The van der Waals surface area contributed by atoms with E-state index in [4.69, 9.17) is 18.0 Å². The Morgan fingerprint density at radius 1 is 1.09 bits per heavy atom. The van der Waals surface area contributed by atoms with E-state index >= 15 is 0 Å². The molecule has 1 aromatic carbocycles. The van der Waals surface area contributed by atoms with Crippen molar-refractivity contribution in [2.75, 3.05) is 5.75 Å². The fraction of sp³-hybridized carbons (Fsp3) is 0.469. The highest BCUT2D eigenvalue weighted by molar-refractivity contribution is 8.23. The molecular formula is C32H41NS2. The molecule has 186 valence electrons. The topological polar surface area (TPSA) is 26.0 Å². The molecule has 0 saturated carbocycles. The van der Waals surface area contributed by atoms with E-state index in [9.17, 15) is 0 Å². The molecule has 0 radical (unpaired) electrons. The van der Waals surface area contributed by atoms with Gasteiger partial charge in [-0.05, 0) is 84.8 Å². The van der Waals surface area contributed by atoms with Gasteiger partial charge in [0.15, 0.2) is 0 Å². The van der Waals surface area contributed by atoms with Crippen LogP contribution >= 0.6 is 24.0 Å². The highest BCUT2D eigenvalue weighted by Gasteiger charge is 2.30. The van der Waals surface area contributed by atoms with Crippen LogP contribution in [0.1, 0.15) is 82.8 Å². The molecule has 1 aromatic rings. The fourth-order valence-electron chi connectivity index (χ4n) is 5.50. The normalized spacial score (nSPS) is 29.7. The van der Waals surface area contributed by atoms with Gasteiger partial charge < -0.3 is 5.73 Å². The minimum absolute atomic E-state index is 0.154. The van der Waals surface area contributed by atoms with E-state index < -0.39 is 0 Å². The maximum atomic E-state index is 6.84. The second kappa shape index (κ2) is 11.5. The summed E-state index contributed by atoms with van der Waals surface area (Å²) >= 11 is 7.87. The van der Waals surface area contributed by atoms with Crippen molar-refractivity contribution in [1.29, 1.82) is 0 Å². The van der Waals surface area contributed by atoms with Crippen LogP contribution in [0.3, 0.4) is 0 Å². The summed E-state index contributed by atoms with van der Waals surface area (Å²) in [5.74, 6) is 1.40. The van der Waals surface area contributed by atoms with E-state index in [-0.39, 0.29) is 10.8 Å². The lowest BCUT2D eigenvalue weighted by atomic mass is 9.75. The van der Waals surface area contributed by atoms with Crippen molar-refractivity contribution < 1.29 is 0 Å². The van der Waals surface area contributed by atoms with Gasteiger partial charge in [-0.2, -0.15) is 0 Å². The highest BCUT2D eigenvalue weighted by atomic mass is 32.2. The monoisotopic (exact) mass is 503 g/mol. The quantitative estimate of drug-likeness (QED) is 0.297. The molecule has 0 amide bonds. The van der Waals surface area contributed by atoms with E-state index in [1.54, 1.807) is 0 Å². The van der Waals surface area contributed by atoms with Crippen molar-refractivity contribution in [2.24, 2.45) is 16.6 Å². The molecule has 0 fully saturated rings. The van der Waals surface area contributed by atoms with E-state index in [2.05, 4.69) is 87.6 Å². The first-order valence-corrected chi connectivity index (χ1v) is 14.7. The molecule has 0 heterocycles. The van der Waals surface area contributed by atoms with E-state index in [0.29, 0.717) is 5.92 Å². The van der Waals surface area contributed by atoms with Crippen molar-refractivity contribution in [3.8, 4) is 0 Å². The average Bonchev–Trinajstić information content (AvgIpc) is 2.87. The minimum atomic E-state index is 0.154. The number of aryl methyl sites for hydroxylation is 1. The van der Waals surface area contributed by atoms with Crippen LogP contribution in [0.25, 0.3) is 0 Å². The van der Waals surface area contributed by atoms with Crippen LogP contribution in [-0.2, 0) is 6.42 Å². The van der Waals surface area contributed by atoms with Gasteiger partial charge in [0.2, 0.25) is 0 Å². The van der Waals surface area contributed by atoms with Gasteiger partial charge in [-0.1, -0.05) is 99.8 Å². The van der Waals surface area contributed by atoms with Gasteiger partial charge in [0, 0.05) is 17.0 Å². The number of rotatable bonds is 7. The summed E-state index contributed by atoms with van der Waals surface area (Å²) < 4.78 is 0.974. The van der Waals surface area contributed by atoms with E-state index in [1.807, 2.05) is 11.8 Å². The summed E-state index contributed by atoms with van der Waals surface area (Å²) in [4.78, 5) is 0. The van der Waals surface area contributed by atoms with Crippen molar-refractivity contribution in [3.63, 3.8) is 0 Å². The zero-order valence-corrected chi connectivity index (χ0v) is 23.3. The lowest BCUT2D eigenvalue weighted by Gasteiger charge is -2.32. The van der Waals surface area contributed by atoms with Gasteiger partial charge in [0.1, 0.15) is 0 Å². The summed E-state index contributed by atoms with van der Waals surface area (Å²) in [6, 6.07) is 9.16. The molecule has 0 saturated heterocycles. The summed E-state index contributed by atoms with van der Waals surface area (Å²) in [5, 5.41) is 0. The number of nitrogens with two attached hydrogens (primary N) is 1. The van der Waals surface area contributed by atoms with Crippen molar-refractivity contribution in [2.45, 2.75) is 78.1 Å². The third-order valence-corrected chi connectivity index (χ3v) is 9.78. The third kappa shape index (κ3) is 6.68. The first kappa shape index (κ1) is 26.2. The van der Waals surface area contributed by atoms with Gasteiger partial charge in [0.05, 0.1) is 4.20 Å². The van der Waals surface area contributed by atoms with Crippen LogP contribution < -0.4 is 5.73 Å². The zero-order valence-electron chi connectivity index (χ0n) is 21.7. The van der Waals surface area contributed by atoms with Crippen LogP contribution in [0.2, 0.25) is 0 Å². The van der Waals surface area contributed by atoms with E-state index in [1.165, 1.54) is 36.0 Å². The predicted octanol–water partition coefficient (Wildman–Crippen LogP) is 8.99. The molecule has 3 heteroatoms. The summed E-state index contributed by atoms with van der Waals surface area (Å²) in [6.07, 6.45) is 25.0. The molecule has 0 spiro atoms. The Hall–Kier alpha value is -1.84. The molecule has 1 nitrogen and oxygen atoms in total.